The third kappa shape index (κ3) is 7.61. The second kappa shape index (κ2) is 12.8. The van der Waals surface area contributed by atoms with Crippen molar-refractivity contribution in [2.45, 2.75) is 12.5 Å². The van der Waals surface area contributed by atoms with Crippen LogP contribution in [0.3, 0.4) is 0 Å². The van der Waals surface area contributed by atoms with Crippen molar-refractivity contribution < 1.29 is 14.6 Å². The van der Waals surface area contributed by atoms with Crippen LogP contribution in [0.15, 0.2) is 54.6 Å². The van der Waals surface area contributed by atoms with Crippen LogP contribution < -0.4 is 4.74 Å². The van der Waals surface area contributed by atoms with Crippen molar-refractivity contribution in [3.8, 4) is 5.75 Å². The summed E-state index contributed by atoms with van der Waals surface area (Å²) in [6, 6.07) is 17.1. The summed E-state index contributed by atoms with van der Waals surface area (Å²) >= 11 is 0. The summed E-state index contributed by atoms with van der Waals surface area (Å²) in [5.74, 6) is 0.906. The van der Waals surface area contributed by atoms with Gasteiger partial charge in [-0.25, -0.2) is 0 Å². The fraction of sp³-hybridized carbons (Fsp3) is 0.409. The number of aliphatic hydroxyl groups excluding tert-OH is 1. The SMILES string of the molecule is COc1ccc(C(=O)CN2CCN(CCC(O)c3ccccc3)CC2)cc1.Cl.Cl. The Bertz CT molecular complexity index is 721. The molecular weight excluding hydrogens is 411 g/mol. The van der Waals surface area contributed by atoms with Crippen molar-refractivity contribution in [2.75, 3.05) is 46.4 Å². The van der Waals surface area contributed by atoms with Crippen LogP contribution in [0.25, 0.3) is 0 Å². The van der Waals surface area contributed by atoms with Crippen molar-refractivity contribution in [3.63, 3.8) is 0 Å². The number of carbonyl (C=O) groups is 1. The monoisotopic (exact) mass is 440 g/mol. The molecule has 5 nitrogen and oxygen atoms in total. The number of benzene rings is 2. The molecule has 1 aliphatic heterocycles. The van der Waals surface area contributed by atoms with Gasteiger partial charge in [-0.15, -0.1) is 24.8 Å². The number of hydrogen-bond donors (Lipinski definition) is 1. The standard InChI is InChI=1S/C22H28N2O3.2ClH/c1-27-20-9-7-19(8-10-20)22(26)17-24-15-13-23(14-16-24)12-11-21(25)18-5-3-2-4-6-18;;/h2-10,21,25H,11-17H2,1H3;2*1H. The zero-order valence-corrected chi connectivity index (χ0v) is 18.3. The first-order valence-electron chi connectivity index (χ1n) is 9.50. The Labute approximate surface area is 185 Å². The average Bonchev–Trinajstić information content (AvgIpc) is 2.73. The van der Waals surface area contributed by atoms with Crippen molar-refractivity contribution in [1.82, 2.24) is 9.80 Å². The van der Waals surface area contributed by atoms with E-state index in [-0.39, 0.29) is 30.6 Å². The molecule has 3 rings (SSSR count). The van der Waals surface area contributed by atoms with Crippen LogP contribution in [0.2, 0.25) is 0 Å². The van der Waals surface area contributed by atoms with Crippen LogP contribution in [0.5, 0.6) is 5.75 Å². The van der Waals surface area contributed by atoms with Gasteiger partial charge in [0.05, 0.1) is 19.8 Å². The van der Waals surface area contributed by atoms with Gasteiger partial charge >= 0.3 is 0 Å². The summed E-state index contributed by atoms with van der Waals surface area (Å²) in [6.07, 6.45) is 0.315. The summed E-state index contributed by atoms with van der Waals surface area (Å²) in [5.41, 5.74) is 1.70. The molecule has 7 heteroatoms. The molecule has 0 bridgehead atoms. The highest BCUT2D eigenvalue weighted by Gasteiger charge is 2.20. The molecule has 0 amide bonds. The van der Waals surface area contributed by atoms with Crippen molar-refractivity contribution in [3.05, 3.63) is 65.7 Å². The summed E-state index contributed by atoms with van der Waals surface area (Å²) in [7, 11) is 1.62. The molecule has 1 heterocycles. The minimum absolute atomic E-state index is 0. The van der Waals surface area contributed by atoms with Crippen LogP contribution in [0.4, 0.5) is 0 Å². The van der Waals surface area contributed by atoms with Crippen LogP contribution in [-0.4, -0.2) is 67.1 Å². The van der Waals surface area contributed by atoms with Gasteiger partial charge in [0.2, 0.25) is 0 Å². The average molecular weight is 441 g/mol. The molecule has 1 atom stereocenters. The molecule has 1 saturated heterocycles. The van der Waals surface area contributed by atoms with E-state index in [9.17, 15) is 9.90 Å². The highest BCUT2D eigenvalue weighted by molar-refractivity contribution is 5.97. The fourth-order valence-electron chi connectivity index (χ4n) is 3.39. The Balaban J connectivity index is 0.00000210. The lowest BCUT2D eigenvalue weighted by atomic mass is 10.1. The Morgan fingerprint density at radius 3 is 2.14 bits per heavy atom. The number of rotatable bonds is 8. The smallest absolute Gasteiger partial charge is 0.176 e. The van der Waals surface area contributed by atoms with Gasteiger partial charge in [-0.1, -0.05) is 30.3 Å². The number of halogens is 2. The van der Waals surface area contributed by atoms with Gasteiger partial charge in [-0.05, 0) is 36.2 Å². The van der Waals surface area contributed by atoms with Crippen molar-refractivity contribution >= 4 is 30.6 Å². The van der Waals surface area contributed by atoms with Crippen LogP contribution >= 0.6 is 24.8 Å². The zero-order chi connectivity index (χ0) is 19.1. The first-order valence-corrected chi connectivity index (χ1v) is 9.50. The first-order chi connectivity index (χ1) is 13.2. The maximum atomic E-state index is 12.4. The highest BCUT2D eigenvalue weighted by atomic mass is 35.5. The minimum atomic E-state index is -0.416. The fourth-order valence-corrected chi connectivity index (χ4v) is 3.39. The van der Waals surface area contributed by atoms with E-state index >= 15 is 0 Å². The minimum Gasteiger partial charge on any atom is -0.497 e. The van der Waals surface area contributed by atoms with Crippen LogP contribution in [-0.2, 0) is 0 Å². The maximum absolute atomic E-state index is 12.4. The topological polar surface area (TPSA) is 53.0 Å². The van der Waals surface area contributed by atoms with Gasteiger partial charge in [0.15, 0.2) is 5.78 Å². The van der Waals surface area contributed by atoms with Gasteiger partial charge in [0, 0.05) is 38.3 Å². The van der Waals surface area contributed by atoms with E-state index in [1.807, 2.05) is 54.6 Å². The van der Waals surface area contributed by atoms with Gasteiger partial charge in [0.25, 0.3) is 0 Å². The first kappa shape index (κ1) is 25.4. The molecule has 2 aromatic rings. The molecule has 0 spiro atoms. The number of carbonyl (C=O) groups excluding carboxylic acids is 1. The lowest BCUT2D eigenvalue weighted by molar-refractivity contribution is 0.0812. The lowest BCUT2D eigenvalue weighted by Crippen LogP contribution is -2.48. The molecule has 160 valence electrons. The van der Waals surface area contributed by atoms with E-state index in [0.717, 1.165) is 56.0 Å². The molecule has 1 aliphatic rings. The number of methoxy groups -OCH3 is 1. The summed E-state index contributed by atoms with van der Waals surface area (Å²) in [5, 5.41) is 10.3. The zero-order valence-electron chi connectivity index (χ0n) is 16.7. The predicted molar refractivity (Wildman–Crippen MR) is 121 cm³/mol. The molecule has 0 radical (unpaired) electrons. The molecule has 0 aliphatic carbocycles. The van der Waals surface area contributed by atoms with Gasteiger partial charge in [-0.3, -0.25) is 9.69 Å². The van der Waals surface area contributed by atoms with E-state index in [4.69, 9.17) is 4.74 Å². The number of hydrogen-bond acceptors (Lipinski definition) is 5. The quantitative estimate of drug-likeness (QED) is 0.636. The Morgan fingerprint density at radius 1 is 0.966 bits per heavy atom. The lowest BCUT2D eigenvalue weighted by Gasteiger charge is -2.34. The second-order valence-corrected chi connectivity index (χ2v) is 6.98. The largest absolute Gasteiger partial charge is 0.497 e. The summed E-state index contributed by atoms with van der Waals surface area (Å²) in [6.45, 7) is 4.94. The van der Waals surface area contributed by atoms with E-state index in [1.165, 1.54) is 0 Å². The van der Waals surface area contributed by atoms with Crippen LogP contribution in [0.1, 0.15) is 28.4 Å². The summed E-state index contributed by atoms with van der Waals surface area (Å²) < 4.78 is 5.13. The predicted octanol–water partition coefficient (Wildman–Crippen LogP) is 3.46. The molecule has 1 fully saturated rings. The normalized spacial score (nSPS) is 15.7. The molecule has 1 N–H and O–H groups in total. The number of ether oxygens (including phenoxy) is 1. The molecular formula is C22H30Cl2N2O3. The molecule has 2 aromatic carbocycles. The number of piperazine rings is 1. The molecule has 0 saturated carbocycles. The van der Waals surface area contributed by atoms with E-state index < -0.39 is 6.10 Å². The molecule has 1 unspecified atom stereocenters. The summed E-state index contributed by atoms with van der Waals surface area (Å²) in [4.78, 5) is 17.0. The third-order valence-corrected chi connectivity index (χ3v) is 5.15. The highest BCUT2D eigenvalue weighted by Crippen LogP contribution is 2.17. The van der Waals surface area contributed by atoms with Gasteiger partial charge in [-0.2, -0.15) is 0 Å². The van der Waals surface area contributed by atoms with Crippen LogP contribution in [0, 0.1) is 0 Å². The van der Waals surface area contributed by atoms with E-state index in [0.29, 0.717) is 6.54 Å². The maximum Gasteiger partial charge on any atom is 0.176 e. The Hall–Kier alpha value is -1.63. The molecule has 0 aromatic heterocycles. The van der Waals surface area contributed by atoms with Crippen molar-refractivity contribution in [2.24, 2.45) is 0 Å². The Morgan fingerprint density at radius 2 is 1.55 bits per heavy atom. The number of aliphatic hydroxyl groups is 1. The van der Waals surface area contributed by atoms with Gasteiger partial charge < -0.3 is 14.7 Å². The number of ketones is 1. The number of nitrogens with zero attached hydrogens (tertiary/aromatic N) is 2. The Kier molecular flexibility index (Phi) is 11.2. The van der Waals surface area contributed by atoms with E-state index in [1.54, 1.807) is 7.11 Å². The van der Waals surface area contributed by atoms with Crippen molar-refractivity contribution in [1.29, 1.82) is 0 Å². The second-order valence-electron chi connectivity index (χ2n) is 6.98. The van der Waals surface area contributed by atoms with Gasteiger partial charge in [0.1, 0.15) is 5.75 Å². The third-order valence-electron chi connectivity index (χ3n) is 5.15. The number of Topliss-reactive ketones (excluding diaryl/α,β-unsaturated/α-hetero) is 1. The van der Waals surface area contributed by atoms with E-state index in [2.05, 4.69) is 9.80 Å². The molecule has 29 heavy (non-hydrogen) atoms.